The second kappa shape index (κ2) is 10.6. The zero-order chi connectivity index (χ0) is 24.9. The quantitative estimate of drug-likeness (QED) is 0.309. The van der Waals surface area contributed by atoms with Gasteiger partial charge in [0.25, 0.3) is 5.56 Å². The molecule has 0 aliphatic carbocycles. The van der Waals surface area contributed by atoms with Crippen LogP contribution in [0.2, 0.25) is 5.02 Å². The molecule has 4 rings (SSSR count). The number of benzene rings is 1. The van der Waals surface area contributed by atoms with E-state index in [1.54, 1.807) is 35.3 Å². The average Bonchev–Trinajstić information content (AvgIpc) is 2.83. The maximum Gasteiger partial charge on any atom is 0.250 e. The fraction of sp³-hybridized carbons (Fsp3) is 0.179. The minimum absolute atomic E-state index is 0.0927. The molecule has 0 aliphatic heterocycles. The van der Waals surface area contributed by atoms with Crippen molar-refractivity contribution in [2.45, 2.75) is 20.1 Å². The van der Waals surface area contributed by atoms with Crippen molar-refractivity contribution < 1.29 is 4.74 Å². The Bertz CT molecular complexity index is 1470. The summed E-state index contributed by atoms with van der Waals surface area (Å²) < 4.78 is 7.90. The number of hydrogen-bond acceptors (Lipinski definition) is 5. The molecule has 0 N–H and O–H groups in total. The van der Waals surface area contributed by atoms with Crippen LogP contribution in [0.5, 0.6) is 5.75 Å². The Balaban J connectivity index is 1.72. The van der Waals surface area contributed by atoms with E-state index in [1.165, 1.54) is 6.07 Å². The summed E-state index contributed by atoms with van der Waals surface area (Å²) in [5, 5.41) is 1.46. The molecule has 35 heavy (non-hydrogen) atoms. The first-order valence-corrected chi connectivity index (χ1v) is 11.6. The smallest absolute Gasteiger partial charge is 0.250 e. The van der Waals surface area contributed by atoms with Gasteiger partial charge in [0.15, 0.2) is 0 Å². The van der Waals surface area contributed by atoms with Crippen molar-refractivity contribution in [1.82, 2.24) is 19.4 Å². The van der Waals surface area contributed by atoms with Crippen LogP contribution in [0.1, 0.15) is 22.4 Å². The molecule has 0 fully saturated rings. The van der Waals surface area contributed by atoms with E-state index in [4.69, 9.17) is 21.3 Å². The van der Waals surface area contributed by atoms with Crippen molar-refractivity contribution >= 4 is 28.2 Å². The van der Waals surface area contributed by atoms with Gasteiger partial charge in [0.05, 0.1) is 11.6 Å². The van der Waals surface area contributed by atoms with E-state index < -0.39 is 0 Å². The molecular weight excluding hydrogens is 460 g/mol. The lowest BCUT2D eigenvalue weighted by atomic mass is 10.0. The van der Waals surface area contributed by atoms with Crippen LogP contribution < -0.4 is 10.3 Å². The lowest BCUT2D eigenvalue weighted by molar-refractivity contribution is 0.307. The lowest BCUT2D eigenvalue weighted by Crippen LogP contribution is -2.19. The summed E-state index contributed by atoms with van der Waals surface area (Å²) in [6.45, 7) is 6.39. The number of hydrogen-bond donors (Lipinski definition) is 0. The van der Waals surface area contributed by atoms with Crippen molar-refractivity contribution in [3.05, 3.63) is 118 Å². The molecular formula is C28H27ClN4O2. The summed E-state index contributed by atoms with van der Waals surface area (Å²) in [6, 6.07) is 13.0. The summed E-state index contributed by atoms with van der Waals surface area (Å²) in [5.41, 5.74) is 5.23. The Hall–Kier alpha value is -3.90. The van der Waals surface area contributed by atoms with Crippen LogP contribution >= 0.6 is 11.6 Å². The highest BCUT2D eigenvalue weighted by Gasteiger charge is 2.15. The highest BCUT2D eigenvalue weighted by atomic mass is 35.5. The van der Waals surface area contributed by atoms with Gasteiger partial charge in [-0.2, -0.15) is 0 Å². The number of fused-ring (bicyclic) bond motifs is 1. The zero-order valence-electron chi connectivity index (χ0n) is 20.0. The minimum Gasteiger partial charge on any atom is -0.487 e. The fourth-order valence-corrected chi connectivity index (χ4v) is 4.23. The molecule has 0 spiro atoms. The van der Waals surface area contributed by atoms with Crippen LogP contribution in [-0.4, -0.2) is 33.5 Å². The summed E-state index contributed by atoms with van der Waals surface area (Å²) in [6.07, 6.45) is 8.81. The van der Waals surface area contributed by atoms with Crippen molar-refractivity contribution in [2.24, 2.45) is 0 Å². The number of nitrogens with zero attached hydrogens (tertiary/aromatic N) is 4. The van der Waals surface area contributed by atoms with E-state index in [-0.39, 0.29) is 12.2 Å². The molecule has 0 saturated heterocycles. The molecule has 7 heteroatoms. The van der Waals surface area contributed by atoms with Gasteiger partial charge in [-0.05, 0) is 36.8 Å². The molecule has 0 aliphatic rings. The third-order valence-corrected chi connectivity index (χ3v) is 6.00. The molecule has 1 aromatic carbocycles. The van der Waals surface area contributed by atoms with Gasteiger partial charge >= 0.3 is 0 Å². The zero-order valence-corrected chi connectivity index (χ0v) is 20.8. The number of pyridine rings is 3. The summed E-state index contributed by atoms with van der Waals surface area (Å²) in [4.78, 5) is 23.3. The van der Waals surface area contributed by atoms with Gasteiger partial charge < -0.3 is 14.2 Å². The Labute approximate surface area is 209 Å². The molecule has 0 bridgehead atoms. The van der Waals surface area contributed by atoms with Gasteiger partial charge in [0.1, 0.15) is 17.9 Å². The van der Waals surface area contributed by atoms with Gasteiger partial charge in [-0.1, -0.05) is 42.5 Å². The van der Waals surface area contributed by atoms with Gasteiger partial charge in [-0.15, -0.1) is 0 Å². The number of ether oxygens (including phenoxy) is 1. The van der Waals surface area contributed by atoms with E-state index in [0.717, 1.165) is 39.0 Å². The number of allylic oxidation sites excluding steroid dienone is 2. The minimum atomic E-state index is -0.0927. The predicted octanol–water partition coefficient (Wildman–Crippen LogP) is 5.47. The van der Waals surface area contributed by atoms with E-state index >= 15 is 0 Å². The largest absolute Gasteiger partial charge is 0.487 e. The predicted molar refractivity (Wildman–Crippen MR) is 142 cm³/mol. The number of halogens is 1. The standard InChI is InChI=1S/C28H27ClN4O2/c1-5-9-25(32(3)4)22-14-19(2)31-28-21(22)10-8-11-26(28)35-18-23-20(15-30-16-24(23)29)17-33-13-7-6-12-27(33)34/h5-16H,1,17-18H2,2-4H3/b25-9-. The number of aryl methyl sites for hydroxylation is 1. The molecule has 0 radical (unpaired) electrons. The highest BCUT2D eigenvalue weighted by Crippen LogP contribution is 2.32. The molecule has 3 heterocycles. The molecule has 6 nitrogen and oxygen atoms in total. The van der Waals surface area contributed by atoms with E-state index in [1.807, 2.05) is 51.4 Å². The van der Waals surface area contributed by atoms with Crippen molar-refractivity contribution in [1.29, 1.82) is 0 Å². The van der Waals surface area contributed by atoms with Gasteiger partial charge in [-0.25, -0.2) is 4.98 Å². The summed E-state index contributed by atoms with van der Waals surface area (Å²) in [5.74, 6) is 0.653. The second-order valence-electron chi connectivity index (χ2n) is 8.36. The Morgan fingerprint density at radius 3 is 2.77 bits per heavy atom. The Kier molecular flexibility index (Phi) is 7.32. The van der Waals surface area contributed by atoms with Gasteiger partial charge in [0, 0.05) is 66.7 Å². The number of rotatable bonds is 8. The van der Waals surface area contributed by atoms with Gasteiger partial charge in [0.2, 0.25) is 0 Å². The van der Waals surface area contributed by atoms with Crippen LogP contribution in [-0.2, 0) is 13.2 Å². The van der Waals surface area contributed by atoms with Crippen LogP contribution in [0, 0.1) is 6.92 Å². The molecule has 178 valence electrons. The van der Waals surface area contributed by atoms with E-state index in [0.29, 0.717) is 17.3 Å². The number of para-hydroxylation sites is 1. The van der Waals surface area contributed by atoms with Crippen molar-refractivity contribution in [3.8, 4) is 5.75 Å². The monoisotopic (exact) mass is 486 g/mol. The first-order chi connectivity index (χ1) is 16.9. The van der Waals surface area contributed by atoms with E-state index in [2.05, 4.69) is 22.5 Å². The third-order valence-electron chi connectivity index (χ3n) is 5.67. The average molecular weight is 487 g/mol. The Morgan fingerprint density at radius 2 is 2.03 bits per heavy atom. The maximum absolute atomic E-state index is 12.2. The molecule has 4 aromatic rings. The van der Waals surface area contributed by atoms with Crippen molar-refractivity contribution in [2.75, 3.05) is 14.1 Å². The first kappa shape index (κ1) is 24.2. The SMILES string of the molecule is C=C/C=C(/c1cc(C)nc2c(OCc3c(Cl)cncc3Cn3ccccc3=O)cccc12)N(C)C. The maximum atomic E-state index is 12.2. The molecule has 3 aromatic heterocycles. The highest BCUT2D eigenvalue weighted by molar-refractivity contribution is 6.31. The second-order valence-corrected chi connectivity index (χ2v) is 8.77. The summed E-state index contributed by atoms with van der Waals surface area (Å²) in [7, 11) is 4.00. The van der Waals surface area contributed by atoms with E-state index in [9.17, 15) is 4.79 Å². The molecule has 0 unspecified atom stereocenters. The number of aromatic nitrogens is 3. The molecule has 0 atom stereocenters. The van der Waals surface area contributed by atoms with Crippen LogP contribution in [0.25, 0.3) is 16.6 Å². The van der Waals surface area contributed by atoms with Gasteiger partial charge in [-0.3, -0.25) is 9.78 Å². The normalized spacial score (nSPS) is 11.5. The van der Waals surface area contributed by atoms with Crippen LogP contribution in [0.4, 0.5) is 0 Å². The molecule has 0 saturated carbocycles. The van der Waals surface area contributed by atoms with Crippen molar-refractivity contribution in [3.63, 3.8) is 0 Å². The lowest BCUT2D eigenvalue weighted by Gasteiger charge is -2.20. The third kappa shape index (κ3) is 5.28. The topological polar surface area (TPSA) is 60.3 Å². The fourth-order valence-electron chi connectivity index (χ4n) is 3.99. The Morgan fingerprint density at radius 1 is 1.20 bits per heavy atom. The summed E-state index contributed by atoms with van der Waals surface area (Å²) >= 11 is 6.51. The first-order valence-electron chi connectivity index (χ1n) is 11.2. The molecule has 0 amide bonds. The van der Waals surface area contributed by atoms with Crippen LogP contribution in [0.15, 0.2) is 84.6 Å². The van der Waals surface area contributed by atoms with Crippen LogP contribution in [0.3, 0.4) is 0 Å².